The molecule has 0 atom stereocenters. The lowest BCUT2D eigenvalue weighted by Crippen LogP contribution is -2.27. The number of rotatable bonds is 9. The second-order valence-corrected chi connectivity index (χ2v) is 6.62. The van der Waals surface area contributed by atoms with Crippen LogP contribution >= 0.6 is 11.8 Å². The number of halogens is 1. The lowest BCUT2D eigenvalue weighted by Gasteiger charge is -2.09. The Morgan fingerprint density at radius 3 is 2.93 bits per heavy atom. The Balaban J connectivity index is 1.71. The zero-order chi connectivity index (χ0) is 19.9. The molecule has 10 heteroatoms. The van der Waals surface area contributed by atoms with Crippen LogP contribution in [-0.2, 0) is 11.3 Å². The van der Waals surface area contributed by atoms with Crippen LogP contribution in [0.2, 0.25) is 0 Å². The molecule has 148 valence electrons. The molecule has 3 rings (SSSR count). The smallest absolute Gasteiger partial charge is 0.251 e. The van der Waals surface area contributed by atoms with Gasteiger partial charge in [-0.05, 0) is 24.5 Å². The van der Waals surface area contributed by atoms with Gasteiger partial charge in [-0.3, -0.25) is 4.79 Å². The minimum atomic E-state index is -0.444. The number of amides is 1. The van der Waals surface area contributed by atoms with Crippen LogP contribution in [0.15, 0.2) is 35.6 Å². The van der Waals surface area contributed by atoms with E-state index in [2.05, 4.69) is 25.7 Å². The molecule has 2 aromatic heterocycles. The molecule has 1 aromatic carbocycles. The Kier molecular flexibility index (Phi) is 6.77. The average Bonchev–Trinajstić information content (AvgIpc) is 3.11. The van der Waals surface area contributed by atoms with E-state index in [1.165, 1.54) is 30.0 Å². The van der Waals surface area contributed by atoms with E-state index in [0.29, 0.717) is 42.9 Å². The summed E-state index contributed by atoms with van der Waals surface area (Å²) < 4.78 is 20.0. The number of nitrogens with zero attached hydrogens (tertiary/aromatic N) is 4. The Morgan fingerprint density at radius 1 is 1.32 bits per heavy atom. The summed E-state index contributed by atoms with van der Waals surface area (Å²) in [5, 5.41) is 11.8. The van der Waals surface area contributed by atoms with Gasteiger partial charge in [0.1, 0.15) is 11.6 Å². The highest BCUT2D eigenvalue weighted by Gasteiger charge is 2.13. The van der Waals surface area contributed by atoms with Crippen molar-refractivity contribution in [2.45, 2.75) is 11.7 Å². The van der Waals surface area contributed by atoms with E-state index in [0.717, 1.165) is 5.39 Å². The van der Waals surface area contributed by atoms with Crippen molar-refractivity contribution >= 4 is 34.5 Å². The van der Waals surface area contributed by atoms with E-state index < -0.39 is 5.82 Å². The Bertz CT molecular complexity index is 964. The van der Waals surface area contributed by atoms with Gasteiger partial charge in [-0.25, -0.2) is 19.0 Å². The predicted molar refractivity (Wildman–Crippen MR) is 106 cm³/mol. The summed E-state index contributed by atoms with van der Waals surface area (Å²) in [6, 6.07) is 5.57. The third kappa shape index (κ3) is 4.76. The molecule has 8 nitrogen and oxygen atoms in total. The Labute approximate surface area is 165 Å². The third-order valence-electron chi connectivity index (χ3n) is 3.95. The molecule has 0 spiro atoms. The van der Waals surface area contributed by atoms with E-state index >= 15 is 0 Å². The standard InChI is InChI=1S/C18H21FN6O2S/c1-27-9-7-20-15-14-11-22-25(16(14)24-18(23-15)28-2)8-6-21-17(26)12-4-3-5-13(19)10-12/h3-5,10-11H,6-9H2,1-2H3,(H,21,26)(H,20,23,24). The van der Waals surface area contributed by atoms with Crippen LogP contribution in [0.3, 0.4) is 0 Å². The zero-order valence-electron chi connectivity index (χ0n) is 15.6. The van der Waals surface area contributed by atoms with Gasteiger partial charge < -0.3 is 15.4 Å². The maximum absolute atomic E-state index is 13.2. The van der Waals surface area contributed by atoms with E-state index in [4.69, 9.17) is 4.74 Å². The monoisotopic (exact) mass is 404 g/mol. The first-order valence-electron chi connectivity index (χ1n) is 8.66. The first-order chi connectivity index (χ1) is 13.6. The highest BCUT2D eigenvalue weighted by molar-refractivity contribution is 7.98. The second kappa shape index (κ2) is 9.47. The van der Waals surface area contributed by atoms with Crippen LogP contribution in [0, 0.1) is 5.82 Å². The van der Waals surface area contributed by atoms with Crippen LogP contribution in [0.5, 0.6) is 0 Å². The summed E-state index contributed by atoms with van der Waals surface area (Å²) in [5.41, 5.74) is 0.959. The number of benzene rings is 1. The molecule has 0 saturated carbocycles. The van der Waals surface area contributed by atoms with Crippen LogP contribution in [0.1, 0.15) is 10.4 Å². The molecule has 0 fully saturated rings. The van der Waals surface area contributed by atoms with E-state index in [-0.39, 0.29) is 11.5 Å². The van der Waals surface area contributed by atoms with Crippen molar-refractivity contribution in [3.8, 4) is 0 Å². The van der Waals surface area contributed by atoms with Gasteiger partial charge in [0.25, 0.3) is 5.91 Å². The normalized spacial score (nSPS) is 11.0. The summed E-state index contributed by atoms with van der Waals surface area (Å²) in [4.78, 5) is 21.1. The van der Waals surface area contributed by atoms with E-state index in [1.807, 2.05) is 6.26 Å². The fourth-order valence-corrected chi connectivity index (χ4v) is 2.96. The molecule has 0 saturated heterocycles. The molecule has 1 amide bonds. The number of thioether (sulfide) groups is 1. The molecular formula is C18H21FN6O2S. The second-order valence-electron chi connectivity index (χ2n) is 5.85. The lowest BCUT2D eigenvalue weighted by molar-refractivity contribution is 0.0951. The number of nitrogens with one attached hydrogen (secondary N) is 2. The highest BCUT2D eigenvalue weighted by Crippen LogP contribution is 2.23. The van der Waals surface area contributed by atoms with Gasteiger partial charge in [0.2, 0.25) is 0 Å². The summed E-state index contributed by atoms with van der Waals surface area (Å²) in [6.45, 7) is 1.93. The van der Waals surface area contributed by atoms with Gasteiger partial charge in [-0.2, -0.15) is 5.10 Å². The summed E-state index contributed by atoms with van der Waals surface area (Å²) in [6.07, 6.45) is 3.60. The molecular weight excluding hydrogens is 383 g/mol. The van der Waals surface area contributed by atoms with Crippen molar-refractivity contribution in [2.24, 2.45) is 0 Å². The number of hydrogen-bond acceptors (Lipinski definition) is 7. The van der Waals surface area contributed by atoms with Gasteiger partial charge in [-0.1, -0.05) is 17.8 Å². The van der Waals surface area contributed by atoms with Crippen molar-refractivity contribution in [3.05, 3.63) is 41.8 Å². The summed E-state index contributed by atoms with van der Waals surface area (Å²) in [7, 11) is 1.64. The van der Waals surface area contributed by atoms with Gasteiger partial charge in [0, 0.05) is 25.8 Å². The number of fused-ring (bicyclic) bond motifs is 1. The van der Waals surface area contributed by atoms with Crippen molar-refractivity contribution in [1.29, 1.82) is 0 Å². The van der Waals surface area contributed by atoms with Crippen molar-refractivity contribution in [1.82, 2.24) is 25.1 Å². The van der Waals surface area contributed by atoms with Crippen molar-refractivity contribution < 1.29 is 13.9 Å². The van der Waals surface area contributed by atoms with Crippen LogP contribution < -0.4 is 10.6 Å². The highest BCUT2D eigenvalue weighted by atomic mass is 32.2. The Hall–Kier alpha value is -2.72. The van der Waals surface area contributed by atoms with Crippen molar-refractivity contribution in [2.75, 3.05) is 38.4 Å². The average molecular weight is 404 g/mol. The first-order valence-corrected chi connectivity index (χ1v) is 9.89. The summed E-state index contributed by atoms with van der Waals surface area (Å²) >= 11 is 1.44. The number of carbonyl (C=O) groups excluding carboxylic acids is 1. The third-order valence-corrected chi connectivity index (χ3v) is 4.50. The largest absolute Gasteiger partial charge is 0.383 e. The summed E-state index contributed by atoms with van der Waals surface area (Å²) in [5.74, 6) is -0.0840. The number of carbonyl (C=O) groups is 1. The minimum Gasteiger partial charge on any atom is -0.383 e. The molecule has 0 bridgehead atoms. The molecule has 28 heavy (non-hydrogen) atoms. The first kappa shape index (κ1) is 20.0. The van der Waals surface area contributed by atoms with Crippen molar-refractivity contribution in [3.63, 3.8) is 0 Å². The predicted octanol–water partition coefficient (Wildman–Crippen LogP) is 2.18. The number of anilines is 1. The number of aromatic nitrogens is 4. The van der Waals surface area contributed by atoms with Gasteiger partial charge in [0.05, 0.1) is 24.7 Å². The maximum atomic E-state index is 13.2. The molecule has 0 aliphatic carbocycles. The molecule has 0 unspecified atom stereocenters. The van der Waals surface area contributed by atoms with E-state index in [1.54, 1.807) is 24.1 Å². The molecule has 2 heterocycles. The van der Waals surface area contributed by atoms with Gasteiger partial charge in [0.15, 0.2) is 10.8 Å². The zero-order valence-corrected chi connectivity index (χ0v) is 16.4. The molecule has 3 aromatic rings. The van der Waals surface area contributed by atoms with E-state index in [9.17, 15) is 9.18 Å². The molecule has 2 N–H and O–H groups in total. The fraction of sp³-hybridized carbons (Fsp3) is 0.333. The number of hydrogen-bond donors (Lipinski definition) is 2. The Morgan fingerprint density at radius 2 is 2.18 bits per heavy atom. The van der Waals surface area contributed by atoms with Crippen LogP contribution in [0.25, 0.3) is 11.0 Å². The van der Waals surface area contributed by atoms with Crippen LogP contribution in [-0.4, -0.2) is 58.7 Å². The molecule has 0 aliphatic rings. The lowest BCUT2D eigenvalue weighted by atomic mass is 10.2. The minimum absolute atomic E-state index is 0.280. The number of methoxy groups -OCH3 is 1. The van der Waals surface area contributed by atoms with Gasteiger partial charge in [-0.15, -0.1) is 0 Å². The topological polar surface area (TPSA) is 94.0 Å². The molecule has 0 radical (unpaired) electrons. The SMILES string of the molecule is COCCNc1nc(SC)nc2c1cnn2CCNC(=O)c1cccc(F)c1. The quantitative estimate of drug-likeness (QED) is 0.321. The number of ether oxygens (including phenoxy) is 1. The molecule has 0 aliphatic heterocycles. The van der Waals surface area contributed by atoms with Gasteiger partial charge >= 0.3 is 0 Å². The maximum Gasteiger partial charge on any atom is 0.251 e. The fourth-order valence-electron chi connectivity index (χ4n) is 2.60. The van der Waals surface area contributed by atoms with Crippen LogP contribution in [0.4, 0.5) is 10.2 Å².